The number of rotatable bonds is 10. The molecule has 2 N–H and O–H groups in total. The van der Waals surface area contributed by atoms with E-state index in [1.165, 1.54) is 0 Å². The summed E-state index contributed by atoms with van der Waals surface area (Å²) >= 11 is 0. The molecule has 0 saturated heterocycles. The number of unbranched alkanes of at least 4 members (excludes halogenated alkanes) is 2. The number of hydrogen-bond acceptors (Lipinski definition) is 5. The van der Waals surface area contributed by atoms with Crippen LogP contribution in [0.5, 0.6) is 5.75 Å². The van der Waals surface area contributed by atoms with Gasteiger partial charge >= 0.3 is 7.82 Å². The molecule has 0 radical (unpaired) electrons. The normalized spacial score (nSPS) is 11.5. The number of phosphoric acid groups is 1. The topological polar surface area (TPSA) is 70.8 Å². The highest BCUT2D eigenvalue weighted by Gasteiger charge is 2.28. The van der Waals surface area contributed by atoms with Gasteiger partial charge in [-0.1, -0.05) is 26.7 Å². The van der Waals surface area contributed by atoms with E-state index in [1.807, 2.05) is 13.8 Å². The lowest BCUT2D eigenvalue weighted by Gasteiger charge is -2.18. The lowest BCUT2D eigenvalue weighted by Crippen LogP contribution is -2.05. The smallest absolute Gasteiger partial charge is 0.404 e. The van der Waals surface area contributed by atoms with Crippen LogP contribution in [0.15, 0.2) is 24.3 Å². The zero-order valence-electron chi connectivity index (χ0n) is 12.2. The molecule has 0 saturated carbocycles. The minimum Gasteiger partial charge on any atom is -0.404 e. The Kier molecular flexibility index (Phi) is 7.67. The first-order valence-corrected chi connectivity index (χ1v) is 8.50. The van der Waals surface area contributed by atoms with Gasteiger partial charge < -0.3 is 10.3 Å². The Morgan fingerprint density at radius 2 is 1.50 bits per heavy atom. The maximum absolute atomic E-state index is 12.5. The van der Waals surface area contributed by atoms with E-state index in [9.17, 15) is 4.57 Å². The summed E-state index contributed by atoms with van der Waals surface area (Å²) in [4.78, 5) is 0. The van der Waals surface area contributed by atoms with Crippen molar-refractivity contribution in [3.63, 3.8) is 0 Å². The highest BCUT2D eigenvalue weighted by atomic mass is 31.2. The SMILES string of the molecule is CCCCOP(=O)(OCCCC)Oc1ccc(N)cc1. The molecular formula is C14H24NO4P. The predicted octanol–water partition coefficient (Wildman–Crippen LogP) is 4.39. The Balaban J connectivity index is 2.64. The zero-order valence-corrected chi connectivity index (χ0v) is 13.1. The Morgan fingerprint density at radius 3 is 1.95 bits per heavy atom. The number of benzene rings is 1. The average molecular weight is 301 g/mol. The minimum atomic E-state index is -3.56. The highest BCUT2D eigenvalue weighted by molar-refractivity contribution is 7.48. The molecule has 0 bridgehead atoms. The molecule has 0 aliphatic carbocycles. The summed E-state index contributed by atoms with van der Waals surface area (Å²) in [6.07, 6.45) is 3.53. The van der Waals surface area contributed by atoms with Gasteiger partial charge in [-0.05, 0) is 37.1 Å². The molecule has 0 fully saturated rings. The van der Waals surface area contributed by atoms with Gasteiger partial charge in [0.2, 0.25) is 0 Å². The van der Waals surface area contributed by atoms with E-state index in [-0.39, 0.29) is 0 Å². The van der Waals surface area contributed by atoms with Crippen molar-refractivity contribution < 1.29 is 18.1 Å². The van der Waals surface area contributed by atoms with E-state index in [0.29, 0.717) is 24.7 Å². The molecule has 1 aromatic carbocycles. The Labute approximate surface area is 121 Å². The zero-order chi connectivity index (χ0) is 14.8. The summed E-state index contributed by atoms with van der Waals surface area (Å²) < 4.78 is 28.6. The van der Waals surface area contributed by atoms with Crippen molar-refractivity contribution in [1.82, 2.24) is 0 Å². The number of nitrogens with two attached hydrogens (primary N) is 1. The van der Waals surface area contributed by atoms with Crippen molar-refractivity contribution in [3.05, 3.63) is 24.3 Å². The van der Waals surface area contributed by atoms with Crippen LogP contribution >= 0.6 is 7.82 Å². The van der Waals surface area contributed by atoms with Crippen LogP contribution in [-0.2, 0) is 13.6 Å². The van der Waals surface area contributed by atoms with Crippen molar-refractivity contribution in [2.45, 2.75) is 39.5 Å². The molecule has 5 nitrogen and oxygen atoms in total. The summed E-state index contributed by atoms with van der Waals surface area (Å²) in [5.41, 5.74) is 6.22. The van der Waals surface area contributed by atoms with Crippen molar-refractivity contribution >= 4 is 13.5 Å². The Morgan fingerprint density at radius 1 is 1.00 bits per heavy atom. The van der Waals surface area contributed by atoms with Crippen LogP contribution in [0, 0.1) is 0 Å². The van der Waals surface area contributed by atoms with Crippen molar-refractivity contribution in [3.8, 4) is 5.75 Å². The minimum absolute atomic E-state index is 0.356. The van der Waals surface area contributed by atoms with Crippen molar-refractivity contribution in [2.24, 2.45) is 0 Å². The average Bonchev–Trinajstić information content (AvgIpc) is 2.42. The van der Waals surface area contributed by atoms with Gasteiger partial charge in [-0.25, -0.2) is 4.57 Å². The lowest BCUT2D eigenvalue weighted by molar-refractivity contribution is 0.152. The summed E-state index contributed by atoms with van der Waals surface area (Å²) in [5, 5.41) is 0. The second-order valence-electron chi connectivity index (χ2n) is 4.48. The molecule has 0 aliphatic rings. The first kappa shape index (κ1) is 17.0. The van der Waals surface area contributed by atoms with Gasteiger partial charge in [0.25, 0.3) is 0 Å². The van der Waals surface area contributed by atoms with Crippen LogP contribution in [0.4, 0.5) is 5.69 Å². The van der Waals surface area contributed by atoms with Gasteiger partial charge in [-0.3, -0.25) is 9.05 Å². The first-order valence-electron chi connectivity index (χ1n) is 7.04. The van der Waals surface area contributed by atoms with Crippen LogP contribution < -0.4 is 10.3 Å². The fraction of sp³-hybridized carbons (Fsp3) is 0.571. The molecule has 0 aromatic heterocycles. The Bertz CT molecular complexity index is 408. The fourth-order valence-corrected chi connectivity index (χ4v) is 2.65. The van der Waals surface area contributed by atoms with Crippen LogP contribution in [0.2, 0.25) is 0 Å². The Hall–Kier alpha value is -1.03. The van der Waals surface area contributed by atoms with Gasteiger partial charge in [0.15, 0.2) is 0 Å². The quantitative estimate of drug-likeness (QED) is 0.394. The molecule has 1 rings (SSSR count). The van der Waals surface area contributed by atoms with Gasteiger partial charge in [0.05, 0.1) is 13.2 Å². The van der Waals surface area contributed by atoms with E-state index < -0.39 is 7.82 Å². The van der Waals surface area contributed by atoms with Gasteiger partial charge in [0.1, 0.15) is 5.75 Å². The van der Waals surface area contributed by atoms with Crippen LogP contribution in [0.1, 0.15) is 39.5 Å². The second kappa shape index (κ2) is 9.01. The van der Waals surface area contributed by atoms with Crippen LogP contribution in [-0.4, -0.2) is 13.2 Å². The molecule has 114 valence electrons. The van der Waals surface area contributed by atoms with Gasteiger partial charge in [-0.15, -0.1) is 0 Å². The van der Waals surface area contributed by atoms with E-state index in [0.717, 1.165) is 25.7 Å². The molecule has 0 amide bonds. The number of phosphoric ester groups is 1. The van der Waals surface area contributed by atoms with Crippen molar-refractivity contribution in [1.29, 1.82) is 0 Å². The third-order valence-corrected chi connectivity index (χ3v) is 4.02. The lowest BCUT2D eigenvalue weighted by atomic mass is 10.3. The molecular weight excluding hydrogens is 277 g/mol. The van der Waals surface area contributed by atoms with Gasteiger partial charge in [0, 0.05) is 5.69 Å². The standard InChI is InChI=1S/C14H24NO4P/c1-3-5-11-17-20(16,18-12-6-4-2)19-14-9-7-13(15)8-10-14/h7-10H,3-6,11-12,15H2,1-2H3. The summed E-state index contributed by atoms with van der Waals surface area (Å²) in [7, 11) is -3.56. The third-order valence-electron chi connectivity index (χ3n) is 2.59. The molecule has 1 aromatic rings. The molecule has 0 unspecified atom stereocenters. The summed E-state index contributed by atoms with van der Waals surface area (Å²) in [6.45, 7) is 4.78. The van der Waals surface area contributed by atoms with E-state index in [2.05, 4.69) is 0 Å². The maximum atomic E-state index is 12.5. The van der Waals surface area contributed by atoms with Gasteiger partial charge in [-0.2, -0.15) is 0 Å². The molecule has 0 aliphatic heterocycles. The third kappa shape index (κ3) is 6.42. The fourth-order valence-electron chi connectivity index (χ4n) is 1.39. The molecule has 6 heteroatoms. The highest BCUT2D eigenvalue weighted by Crippen LogP contribution is 2.49. The summed E-state index contributed by atoms with van der Waals surface area (Å²) in [5.74, 6) is 0.426. The number of hydrogen-bond donors (Lipinski definition) is 1. The number of anilines is 1. The van der Waals surface area contributed by atoms with Crippen molar-refractivity contribution in [2.75, 3.05) is 18.9 Å². The van der Waals surface area contributed by atoms with E-state index >= 15 is 0 Å². The molecule has 0 atom stereocenters. The molecule has 0 heterocycles. The summed E-state index contributed by atoms with van der Waals surface area (Å²) in [6, 6.07) is 6.65. The number of nitrogen functional groups attached to an aromatic ring is 1. The van der Waals surface area contributed by atoms with Crippen LogP contribution in [0.3, 0.4) is 0 Å². The maximum Gasteiger partial charge on any atom is 0.530 e. The largest absolute Gasteiger partial charge is 0.530 e. The monoisotopic (exact) mass is 301 g/mol. The molecule has 0 spiro atoms. The van der Waals surface area contributed by atoms with Crippen LogP contribution in [0.25, 0.3) is 0 Å². The second-order valence-corrected chi connectivity index (χ2v) is 6.07. The first-order chi connectivity index (χ1) is 9.59. The van der Waals surface area contributed by atoms with E-state index in [4.69, 9.17) is 19.3 Å². The van der Waals surface area contributed by atoms with E-state index in [1.54, 1.807) is 24.3 Å². The predicted molar refractivity (Wildman–Crippen MR) is 80.8 cm³/mol. The molecule has 20 heavy (non-hydrogen) atoms.